The van der Waals surface area contributed by atoms with Crippen molar-refractivity contribution in [2.24, 2.45) is 0 Å². The maximum Gasteiger partial charge on any atom is 0.300 e. The van der Waals surface area contributed by atoms with Gasteiger partial charge in [0, 0.05) is 5.56 Å². The number of rotatable bonds is 9. The minimum Gasteiger partial charge on any atom is -0.507 e. The zero-order valence-corrected chi connectivity index (χ0v) is 21.6. The van der Waals surface area contributed by atoms with Crippen LogP contribution in [0.3, 0.4) is 0 Å². The highest BCUT2D eigenvalue weighted by molar-refractivity contribution is 6.52. The van der Waals surface area contributed by atoms with Crippen LogP contribution < -0.4 is 23.8 Å². The average Bonchev–Trinajstić information content (AvgIpc) is 3.20. The largest absolute Gasteiger partial charge is 0.507 e. The number of benzene rings is 3. The van der Waals surface area contributed by atoms with Gasteiger partial charge in [0.2, 0.25) is 5.75 Å². The van der Waals surface area contributed by atoms with Gasteiger partial charge < -0.3 is 29.2 Å². The van der Waals surface area contributed by atoms with Crippen molar-refractivity contribution in [3.63, 3.8) is 0 Å². The molecule has 1 saturated heterocycles. The number of nitrogens with zero attached hydrogens (tertiary/aromatic N) is 1. The number of ketones is 1. The summed E-state index contributed by atoms with van der Waals surface area (Å²) in [6.07, 6.45) is 0.795. The number of para-hydroxylation sites is 2. The van der Waals surface area contributed by atoms with Gasteiger partial charge in [0.15, 0.2) is 11.5 Å². The lowest BCUT2D eigenvalue weighted by molar-refractivity contribution is -0.132. The maximum atomic E-state index is 13.5. The lowest BCUT2D eigenvalue weighted by atomic mass is 9.94. The summed E-state index contributed by atoms with van der Waals surface area (Å²) in [6.45, 7) is 2.45. The lowest BCUT2D eigenvalue weighted by Gasteiger charge is -2.27. The Morgan fingerprint density at radius 2 is 1.61 bits per heavy atom. The summed E-state index contributed by atoms with van der Waals surface area (Å²) in [4.78, 5) is 28.1. The normalized spacial score (nSPS) is 16.4. The maximum absolute atomic E-state index is 13.5. The molecule has 9 heteroatoms. The molecule has 0 bridgehead atoms. The van der Waals surface area contributed by atoms with E-state index in [4.69, 9.17) is 18.9 Å². The third-order valence-corrected chi connectivity index (χ3v) is 6.17. The molecule has 3 aromatic carbocycles. The Labute approximate surface area is 220 Å². The molecule has 0 radical (unpaired) electrons. The molecule has 1 amide bonds. The number of aromatic hydroxyl groups is 1. The fourth-order valence-corrected chi connectivity index (χ4v) is 4.43. The van der Waals surface area contributed by atoms with E-state index < -0.39 is 17.7 Å². The predicted octanol–water partition coefficient (Wildman–Crippen LogP) is 4.83. The molecule has 38 heavy (non-hydrogen) atoms. The Morgan fingerprint density at radius 3 is 2.21 bits per heavy atom. The van der Waals surface area contributed by atoms with Crippen LogP contribution in [0.25, 0.3) is 5.76 Å². The molecule has 0 spiro atoms. The third-order valence-electron chi connectivity index (χ3n) is 6.17. The summed E-state index contributed by atoms with van der Waals surface area (Å²) in [5.74, 6) is -1.01. The number of hydrogen-bond acceptors (Lipinski definition) is 8. The van der Waals surface area contributed by atoms with Gasteiger partial charge in [-0.25, -0.2) is 0 Å². The van der Waals surface area contributed by atoms with Crippen LogP contribution >= 0.6 is 0 Å². The highest BCUT2D eigenvalue weighted by Gasteiger charge is 2.48. The monoisotopic (exact) mass is 519 g/mol. The number of anilines is 1. The van der Waals surface area contributed by atoms with E-state index in [1.165, 1.54) is 33.5 Å². The zero-order chi connectivity index (χ0) is 27.4. The molecule has 0 aliphatic carbocycles. The smallest absolute Gasteiger partial charge is 0.300 e. The zero-order valence-electron chi connectivity index (χ0n) is 21.6. The molecule has 0 saturated carbocycles. The highest BCUT2D eigenvalue weighted by Crippen LogP contribution is 2.48. The highest BCUT2D eigenvalue weighted by atomic mass is 16.5. The molecule has 1 unspecified atom stereocenters. The number of amides is 1. The molecule has 1 heterocycles. The quantitative estimate of drug-likeness (QED) is 0.235. The van der Waals surface area contributed by atoms with Crippen molar-refractivity contribution in [2.75, 3.05) is 32.8 Å². The molecule has 3 aromatic rings. The summed E-state index contributed by atoms with van der Waals surface area (Å²) in [7, 11) is 4.35. The predicted molar refractivity (Wildman–Crippen MR) is 141 cm³/mol. The number of methoxy groups -OCH3 is 3. The van der Waals surface area contributed by atoms with Crippen molar-refractivity contribution in [3.8, 4) is 28.7 Å². The summed E-state index contributed by atoms with van der Waals surface area (Å²) < 4.78 is 22.1. The van der Waals surface area contributed by atoms with Crippen molar-refractivity contribution < 1.29 is 38.7 Å². The van der Waals surface area contributed by atoms with Crippen molar-refractivity contribution in [3.05, 3.63) is 77.4 Å². The Bertz CT molecular complexity index is 1370. The number of hydrogen-bond donors (Lipinski definition) is 2. The Morgan fingerprint density at radius 1 is 0.921 bits per heavy atom. The van der Waals surface area contributed by atoms with Crippen LogP contribution in [0.2, 0.25) is 0 Å². The van der Waals surface area contributed by atoms with E-state index in [1.54, 1.807) is 48.5 Å². The number of ether oxygens (including phenoxy) is 4. The van der Waals surface area contributed by atoms with Crippen molar-refractivity contribution in [1.29, 1.82) is 0 Å². The van der Waals surface area contributed by atoms with Crippen LogP contribution in [-0.2, 0) is 9.59 Å². The number of phenolic OH excluding ortho intramolecular Hbond substituents is 1. The van der Waals surface area contributed by atoms with E-state index in [0.29, 0.717) is 40.7 Å². The number of aliphatic hydroxyl groups is 1. The first kappa shape index (κ1) is 26.4. The van der Waals surface area contributed by atoms with Crippen molar-refractivity contribution in [2.45, 2.75) is 19.4 Å². The second kappa shape index (κ2) is 11.2. The van der Waals surface area contributed by atoms with E-state index in [1.807, 2.05) is 6.92 Å². The number of Topliss-reactive ketones (excluding diaryl/α,β-unsaturated/α-hetero) is 1. The van der Waals surface area contributed by atoms with E-state index in [2.05, 4.69) is 0 Å². The first-order chi connectivity index (χ1) is 18.4. The molecule has 1 atom stereocenters. The van der Waals surface area contributed by atoms with E-state index >= 15 is 0 Å². The van der Waals surface area contributed by atoms with Crippen LogP contribution in [0.15, 0.2) is 66.2 Å². The third kappa shape index (κ3) is 4.70. The Hall–Kier alpha value is -4.66. The number of carbonyl (C=O) groups excluding carboxylic acids is 2. The van der Waals surface area contributed by atoms with Crippen LogP contribution in [-0.4, -0.2) is 49.8 Å². The second-order valence-electron chi connectivity index (χ2n) is 8.49. The molecule has 1 aliphatic rings. The van der Waals surface area contributed by atoms with Crippen LogP contribution in [0.1, 0.15) is 30.5 Å². The van der Waals surface area contributed by atoms with Gasteiger partial charge in [0.05, 0.1) is 45.2 Å². The number of carbonyl (C=O) groups is 2. The van der Waals surface area contributed by atoms with E-state index in [-0.39, 0.29) is 22.8 Å². The summed E-state index contributed by atoms with van der Waals surface area (Å²) in [5.41, 5.74) is 0.626. The molecular formula is C29H29NO8. The van der Waals surface area contributed by atoms with Gasteiger partial charge in [-0.1, -0.05) is 31.2 Å². The van der Waals surface area contributed by atoms with Crippen molar-refractivity contribution in [1.82, 2.24) is 0 Å². The minimum atomic E-state index is -1.13. The summed E-state index contributed by atoms with van der Waals surface area (Å²) in [5, 5.41) is 22.1. The van der Waals surface area contributed by atoms with Crippen LogP contribution in [0.5, 0.6) is 28.7 Å². The molecule has 198 valence electrons. The number of phenols is 1. The SMILES string of the molecule is CCCOc1cccc(/C(O)=C2\C(=O)C(=O)N(c3ccccc3O)C2c2cc(OC)c(OC)c(OC)c2)c1. The molecule has 4 rings (SSSR count). The Balaban J connectivity index is 1.99. The number of aliphatic hydroxyl groups excluding tert-OH is 1. The summed E-state index contributed by atoms with van der Waals surface area (Å²) in [6, 6.07) is 14.9. The molecule has 1 aliphatic heterocycles. The molecule has 1 fully saturated rings. The fraction of sp³-hybridized carbons (Fsp3) is 0.241. The van der Waals surface area contributed by atoms with Gasteiger partial charge in [-0.15, -0.1) is 0 Å². The lowest BCUT2D eigenvalue weighted by Crippen LogP contribution is -2.29. The summed E-state index contributed by atoms with van der Waals surface area (Å²) >= 11 is 0. The van der Waals surface area contributed by atoms with Gasteiger partial charge in [0.25, 0.3) is 11.7 Å². The van der Waals surface area contributed by atoms with Gasteiger partial charge in [-0.2, -0.15) is 0 Å². The van der Waals surface area contributed by atoms with E-state index in [9.17, 15) is 19.8 Å². The van der Waals surface area contributed by atoms with Gasteiger partial charge in [-0.05, 0) is 48.4 Å². The van der Waals surface area contributed by atoms with E-state index in [0.717, 1.165) is 11.3 Å². The van der Waals surface area contributed by atoms with Gasteiger partial charge in [0.1, 0.15) is 17.3 Å². The minimum absolute atomic E-state index is 0.104. The standard InChI is InChI=1S/C29H29NO8/c1-5-13-38-19-10-8-9-17(14-19)26(32)24-25(18-15-22(35-2)28(37-4)23(16-18)36-3)30(29(34)27(24)33)20-11-6-7-12-21(20)31/h6-12,14-16,25,31-32H,5,13H2,1-4H3/b26-24+. The van der Waals surface area contributed by atoms with Crippen LogP contribution in [0, 0.1) is 0 Å². The van der Waals surface area contributed by atoms with Gasteiger partial charge in [-0.3, -0.25) is 14.5 Å². The molecule has 0 aromatic heterocycles. The van der Waals surface area contributed by atoms with Crippen molar-refractivity contribution >= 4 is 23.1 Å². The fourth-order valence-electron chi connectivity index (χ4n) is 4.43. The first-order valence-corrected chi connectivity index (χ1v) is 12.0. The first-order valence-electron chi connectivity index (χ1n) is 12.0. The molecular weight excluding hydrogens is 490 g/mol. The van der Waals surface area contributed by atoms with Crippen LogP contribution in [0.4, 0.5) is 5.69 Å². The second-order valence-corrected chi connectivity index (χ2v) is 8.49. The molecule has 9 nitrogen and oxygen atoms in total. The van der Waals surface area contributed by atoms with Gasteiger partial charge >= 0.3 is 0 Å². The Kier molecular flexibility index (Phi) is 7.76. The topological polar surface area (TPSA) is 115 Å². The average molecular weight is 520 g/mol. The molecule has 2 N–H and O–H groups in total.